The molecular weight excluding hydrogens is 208 g/mol. The second-order valence-corrected chi connectivity index (χ2v) is 5.14. The smallest absolute Gasteiger partial charge is 0.0194 e. The van der Waals surface area contributed by atoms with Gasteiger partial charge in [-0.3, -0.25) is 0 Å². The molecular formula is C15H24N2. The average molecular weight is 232 g/mol. The number of nitrogens with zero attached hydrogens (tertiary/aromatic N) is 1. The molecule has 2 heteroatoms. The van der Waals surface area contributed by atoms with Crippen molar-refractivity contribution in [2.75, 3.05) is 26.7 Å². The molecule has 1 saturated heterocycles. The van der Waals surface area contributed by atoms with Crippen molar-refractivity contribution in [3.05, 3.63) is 35.9 Å². The lowest BCUT2D eigenvalue weighted by molar-refractivity contribution is 0.264. The first-order valence-corrected chi connectivity index (χ1v) is 6.80. The Morgan fingerprint density at radius 2 is 2.06 bits per heavy atom. The molecule has 0 spiro atoms. The maximum Gasteiger partial charge on any atom is 0.0194 e. The number of hydrogen-bond donors (Lipinski definition) is 1. The molecule has 0 saturated carbocycles. The van der Waals surface area contributed by atoms with E-state index >= 15 is 0 Å². The Morgan fingerprint density at radius 3 is 2.76 bits per heavy atom. The van der Waals surface area contributed by atoms with Crippen molar-refractivity contribution >= 4 is 0 Å². The van der Waals surface area contributed by atoms with E-state index in [9.17, 15) is 0 Å². The normalized spacial score (nSPS) is 20.7. The first kappa shape index (κ1) is 12.6. The summed E-state index contributed by atoms with van der Waals surface area (Å²) >= 11 is 0. The van der Waals surface area contributed by atoms with Gasteiger partial charge in [-0.15, -0.1) is 0 Å². The van der Waals surface area contributed by atoms with Crippen LogP contribution in [-0.2, 0) is 6.42 Å². The Morgan fingerprint density at radius 1 is 1.24 bits per heavy atom. The lowest BCUT2D eigenvalue weighted by Crippen LogP contribution is -2.42. The van der Waals surface area contributed by atoms with Crippen LogP contribution in [0.15, 0.2) is 30.3 Å². The van der Waals surface area contributed by atoms with Crippen LogP contribution in [0.1, 0.15) is 24.8 Å². The van der Waals surface area contributed by atoms with Gasteiger partial charge in [0.1, 0.15) is 0 Å². The van der Waals surface area contributed by atoms with Crippen LogP contribution in [0, 0.1) is 0 Å². The quantitative estimate of drug-likeness (QED) is 0.838. The molecule has 1 N–H and O–H groups in total. The van der Waals surface area contributed by atoms with E-state index in [4.69, 9.17) is 0 Å². The molecule has 0 aromatic heterocycles. The Kier molecular flexibility index (Phi) is 5.02. The lowest BCUT2D eigenvalue weighted by Gasteiger charge is -2.28. The fourth-order valence-corrected chi connectivity index (χ4v) is 2.51. The molecule has 1 heterocycles. The second kappa shape index (κ2) is 6.77. The van der Waals surface area contributed by atoms with Crippen molar-refractivity contribution in [3.8, 4) is 0 Å². The third kappa shape index (κ3) is 4.49. The van der Waals surface area contributed by atoms with E-state index in [-0.39, 0.29) is 0 Å². The zero-order valence-electron chi connectivity index (χ0n) is 10.9. The van der Waals surface area contributed by atoms with Crippen LogP contribution in [-0.4, -0.2) is 37.6 Å². The Balaban J connectivity index is 1.68. The number of rotatable bonds is 5. The molecule has 1 aliphatic heterocycles. The average Bonchev–Trinajstić information content (AvgIpc) is 2.39. The van der Waals surface area contributed by atoms with E-state index in [0.29, 0.717) is 6.04 Å². The summed E-state index contributed by atoms with van der Waals surface area (Å²) in [6, 6.07) is 11.5. The second-order valence-electron chi connectivity index (χ2n) is 5.14. The van der Waals surface area contributed by atoms with E-state index in [1.54, 1.807) is 0 Å². The predicted octanol–water partition coefficient (Wildman–Crippen LogP) is 2.30. The van der Waals surface area contributed by atoms with Crippen LogP contribution < -0.4 is 5.32 Å². The Hall–Kier alpha value is -0.860. The standard InChI is InChI=1S/C15H24N2/c1-17(13-15-9-5-6-11-16-15)12-10-14-7-3-2-4-8-14/h2-4,7-8,15-16H,5-6,9-13H2,1H3/t15-/m0/s1. The molecule has 2 nitrogen and oxygen atoms in total. The maximum atomic E-state index is 3.61. The molecule has 1 aliphatic rings. The van der Waals surface area contributed by atoms with E-state index in [0.717, 1.165) is 13.0 Å². The molecule has 94 valence electrons. The highest BCUT2D eigenvalue weighted by Gasteiger charge is 2.14. The monoisotopic (exact) mass is 232 g/mol. The number of nitrogens with one attached hydrogen (secondary N) is 1. The van der Waals surface area contributed by atoms with Gasteiger partial charge in [0, 0.05) is 19.1 Å². The van der Waals surface area contributed by atoms with Gasteiger partial charge < -0.3 is 10.2 Å². The van der Waals surface area contributed by atoms with Crippen molar-refractivity contribution < 1.29 is 0 Å². The third-order valence-corrected chi connectivity index (χ3v) is 3.57. The van der Waals surface area contributed by atoms with Crippen molar-refractivity contribution in [1.82, 2.24) is 10.2 Å². The van der Waals surface area contributed by atoms with Crippen LogP contribution >= 0.6 is 0 Å². The van der Waals surface area contributed by atoms with E-state index < -0.39 is 0 Å². The topological polar surface area (TPSA) is 15.3 Å². The zero-order chi connectivity index (χ0) is 11.9. The summed E-state index contributed by atoms with van der Waals surface area (Å²) in [4.78, 5) is 2.45. The number of piperidine rings is 1. The Bertz CT molecular complexity index is 304. The van der Waals surface area contributed by atoms with Crippen LogP contribution in [0.25, 0.3) is 0 Å². The van der Waals surface area contributed by atoms with E-state index in [1.807, 2.05) is 0 Å². The highest BCUT2D eigenvalue weighted by molar-refractivity contribution is 5.14. The van der Waals surface area contributed by atoms with Crippen molar-refractivity contribution in [2.45, 2.75) is 31.7 Å². The molecule has 0 aliphatic carbocycles. The number of benzene rings is 1. The minimum absolute atomic E-state index is 0.713. The van der Waals surface area contributed by atoms with E-state index in [1.165, 1.54) is 37.9 Å². The summed E-state index contributed by atoms with van der Waals surface area (Å²) in [7, 11) is 2.24. The zero-order valence-corrected chi connectivity index (χ0v) is 10.9. The van der Waals surface area contributed by atoms with E-state index in [2.05, 4.69) is 47.6 Å². The number of hydrogen-bond acceptors (Lipinski definition) is 2. The highest BCUT2D eigenvalue weighted by atomic mass is 15.1. The molecule has 1 fully saturated rings. The minimum atomic E-state index is 0.713. The van der Waals surface area contributed by atoms with Gasteiger partial charge in [0.2, 0.25) is 0 Å². The minimum Gasteiger partial charge on any atom is -0.313 e. The van der Waals surface area contributed by atoms with Crippen LogP contribution in [0.3, 0.4) is 0 Å². The summed E-state index contributed by atoms with van der Waals surface area (Å²) in [5, 5.41) is 3.61. The summed E-state index contributed by atoms with van der Waals surface area (Å²) in [6.45, 7) is 3.55. The summed E-state index contributed by atoms with van der Waals surface area (Å²) in [6.07, 6.45) is 5.24. The van der Waals surface area contributed by atoms with Gasteiger partial charge >= 0.3 is 0 Å². The summed E-state index contributed by atoms with van der Waals surface area (Å²) in [5.41, 5.74) is 1.44. The molecule has 1 aromatic rings. The van der Waals surface area contributed by atoms with Gasteiger partial charge in [-0.1, -0.05) is 36.8 Å². The molecule has 2 rings (SSSR count). The fraction of sp³-hybridized carbons (Fsp3) is 0.600. The van der Waals surface area contributed by atoms with Crippen LogP contribution in [0.2, 0.25) is 0 Å². The fourth-order valence-electron chi connectivity index (χ4n) is 2.51. The van der Waals surface area contributed by atoms with Gasteiger partial charge in [-0.2, -0.15) is 0 Å². The number of likely N-dealkylation sites (N-methyl/N-ethyl adjacent to an activating group) is 1. The third-order valence-electron chi connectivity index (χ3n) is 3.57. The molecule has 1 atom stereocenters. The predicted molar refractivity (Wildman–Crippen MR) is 73.3 cm³/mol. The molecule has 0 unspecified atom stereocenters. The molecule has 1 aromatic carbocycles. The van der Waals surface area contributed by atoms with Crippen molar-refractivity contribution in [2.24, 2.45) is 0 Å². The van der Waals surface area contributed by atoms with Gasteiger partial charge in [0.05, 0.1) is 0 Å². The van der Waals surface area contributed by atoms with Gasteiger partial charge in [-0.05, 0) is 38.4 Å². The highest BCUT2D eigenvalue weighted by Crippen LogP contribution is 2.08. The maximum absolute atomic E-state index is 3.61. The summed E-state index contributed by atoms with van der Waals surface area (Å²) in [5.74, 6) is 0. The Labute approximate surface area is 105 Å². The first-order chi connectivity index (χ1) is 8.34. The van der Waals surface area contributed by atoms with Crippen molar-refractivity contribution in [3.63, 3.8) is 0 Å². The lowest BCUT2D eigenvalue weighted by atomic mass is 10.0. The van der Waals surface area contributed by atoms with Gasteiger partial charge in [0.15, 0.2) is 0 Å². The molecule has 0 radical (unpaired) electrons. The SMILES string of the molecule is CN(CCc1ccccc1)C[C@@H]1CCCCN1. The first-order valence-electron chi connectivity index (χ1n) is 6.80. The van der Waals surface area contributed by atoms with Gasteiger partial charge in [-0.25, -0.2) is 0 Å². The van der Waals surface area contributed by atoms with Gasteiger partial charge in [0.25, 0.3) is 0 Å². The van der Waals surface area contributed by atoms with Crippen molar-refractivity contribution in [1.29, 1.82) is 0 Å². The summed E-state index contributed by atoms with van der Waals surface area (Å²) < 4.78 is 0. The molecule has 17 heavy (non-hydrogen) atoms. The largest absolute Gasteiger partial charge is 0.313 e. The molecule has 0 bridgehead atoms. The van der Waals surface area contributed by atoms with Crippen LogP contribution in [0.5, 0.6) is 0 Å². The molecule has 0 amide bonds. The van der Waals surface area contributed by atoms with Crippen LogP contribution in [0.4, 0.5) is 0 Å².